The fraction of sp³-hybridized carbons (Fsp3) is 0.462. The molecule has 9 heteroatoms. The summed E-state index contributed by atoms with van der Waals surface area (Å²) in [4.78, 5) is 18.0. The van der Waals surface area contributed by atoms with Gasteiger partial charge in [-0.05, 0) is 30.4 Å². The van der Waals surface area contributed by atoms with Gasteiger partial charge in [0.05, 0.1) is 4.88 Å². The number of amides is 1. The number of hydrogen-bond acceptors (Lipinski definition) is 5. The van der Waals surface area contributed by atoms with Crippen LogP contribution in [-0.4, -0.2) is 34.0 Å². The van der Waals surface area contributed by atoms with E-state index in [4.69, 9.17) is 0 Å². The van der Waals surface area contributed by atoms with E-state index >= 15 is 0 Å². The van der Waals surface area contributed by atoms with Gasteiger partial charge in [-0.3, -0.25) is 4.79 Å². The molecular formula is C13H12F3N3O2S. The monoisotopic (exact) mass is 331 g/mol. The third kappa shape index (κ3) is 2.72. The summed E-state index contributed by atoms with van der Waals surface area (Å²) in [5.74, 6) is -1.77. The molecule has 0 aliphatic carbocycles. The first-order chi connectivity index (χ1) is 10.4. The fourth-order valence-electron chi connectivity index (χ4n) is 2.41. The zero-order valence-corrected chi connectivity index (χ0v) is 12.4. The molecule has 3 heterocycles. The molecule has 0 radical (unpaired) electrons. The van der Waals surface area contributed by atoms with Crippen molar-refractivity contribution in [2.24, 2.45) is 0 Å². The highest BCUT2D eigenvalue weighted by Crippen LogP contribution is 2.32. The highest BCUT2D eigenvalue weighted by Gasteiger charge is 2.40. The number of aryl methyl sites for hydroxylation is 1. The van der Waals surface area contributed by atoms with Crippen molar-refractivity contribution in [2.45, 2.75) is 25.4 Å². The van der Waals surface area contributed by atoms with Crippen molar-refractivity contribution in [1.29, 1.82) is 0 Å². The molecular weight excluding hydrogens is 319 g/mol. The number of thiophene rings is 1. The molecule has 0 bridgehead atoms. The van der Waals surface area contributed by atoms with Gasteiger partial charge in [0.2, 0.25) is 0 Å². The predicted octanol–water partition coefficient (Wildman–Crippen LogP) is 3.09. The van der Waals surface area contributed by atoms with Crippen LogP contribution in [0.2, 0.25) is 0 Å². The van der Waals surface area contributed by atoms with Crippen LogP contribution in [0, 0.1) is 6.92 Å². The molecule has 2 aromatic heterocycles. The summed E-state index contributed by atoms with van der Waals surface area (Å²) in [6, 6.07) is 1.86. The topological polar surface area (TPSA) is 59.2 Å². The Kier molecular flexibility index (Phi) is 3.67. The van der Waals surface area contributed by atoms with Gasteiger partial charge >= 0.3 is 12.1 Å². The Morgan fingerprint density at radius 2 is 2.27 bits per heavy atom. The molecule has 1 fully saturated rings. The lowest BCUT2D eigenvalue weighted by atomic mass is 10.1. The third-order valence-electron chi connectivity index (χ3n) is 3.58. The summed E-state index contributed by atoms with van der Waals surface area (Å²) in [7, 11) is 0. The van der Waals surface area contributed by atoms with Crippen LogP contribution in [0.4, 0.5) is 13.2 Å². The quantitative estimate of drug-likeness (QED) is 0.848. The number of rotatable bonds is 2. The molecule has 1 aliphatic heterocycles. The standard InChI is InChI=1S/C13H12F3N3O2S/c1-7-3-5-22-9(7)11(20)19-4-2-8(6-19)10-17-12(21-18-10)13(14,15)16/h3,5,8H,2,4,6H2,1H3/t8-/m1/s1. The largest absolute Gasteiger partial charge is 0.471 e. The van der Waals surface area contributed by atoms with Gasteiger partial charge < -0.3 is 9.42 Å². The zero-order valence-electron chi connectivity index (χ0n) is 11.6. The third-order valence-corrected chi connectivity index (χ3v) is 4.59. The maximum Gasteiger partial charge on any atom is 0.471 e. The molecule has 1 atom stereocenters. The van der Waals surface area contributed by atoms with Crippen LogP contribution in [0.25, 0.3) is 0 Å². The van der Waals surface area contributed by atoms with Crippen LogP contribution >= 0.6 is 11.3 Å². The van der Waals surface area contributed by atoms with Gasteiger partial charge in [-0.25, -0.2) is 0 Å². The normalized spacial score (nSPS) is 18.9. The Morgan fingerprint density at radius 3 is 2.86 bits per heavy atom. The van der Waals surface area contributed by atoms with E-state index in [-0.39, 0.29) is 17.6 Å². The fourth-order valence-corrected chi connectivity index (χ4v) is 3.30. The van der Waals surface area contributed by atoms with E-state index < -0.39 is 12.1 Å². The van der Waals surface area contributed by atoms with Gasteiger partial charge in [-0.1, -0.05) is 5.16 Å². The molecule has 2 aromatic rings. The van der Waals surface area contributed by atoms with Crippen molar-refractivity contribution >= 4 is 17.2 Å². The highest BCUT2D eigenvalue weighted by molar-refractivity contribution is 7.12. The maximum atomic E-state index is 12.5. The minimum Gasteiger partial charge on any atom is -0.337 e. The summed E-state index contributed by atoms with van der Waals surface area (Å²) in [5.41, 5.74) is 0.900. The SMILES string of the molecule is Cc1ccsc1C(=O)N1CC[C@@H](c2noc(C(F)(F)F)n2)C1. The molecule has 118 valence electrons. The second-order valence-electron chi connectivity index (χ2n) is 5.12. The molecule has 1 aliphatic rings. The number of alkyl halides is 3. The van der Waals surface area contributed by atoms with Crippen LogP contribution in [-0.2, 0) is 6.18 Å². The minimum atomic E-state index is -4.65. The first-order valence-electron chi connectivity index (χ1n) is 6.60. The smallest absolute Gasteiger partial charge is 0.337 e. The summed E-state index contributed by atoms with van der Waals surface area (Å²) < 4.78 is 41.6. The number of likely N-dealkylation sites (tertiary alicyclic amines) is 1. The lowest BCUT2D eigenvalue weighted by Crippen LogP contribution is -2.28. The Bertz CT molecular complexity index is 695. The van der Waals surface area contributed by atoms with E-state index in [2.05, 4.69) is 14.7 Å². The van der Waals surface area contributed by atoms with Gasteiger partial charge in [0.1, 0.15) is 0 Å². The van der Waals surface area contributed by atoms with Crippen LogP contribution < -0.4 is 0 Å². The van der Waals surface area contributed by atoms with E-state index in [0.29, 0.717) is 24.4 Å². The molecule has 22 heavy (non-hydrogen) atoms. The Morgan fingerprint density at radius 1 is 1.50 bits per heavy atom. The van der Waals surface area contributed by atoms with E-state index in [1.54, 1.807) is 4.90 Å². The second kappa shape index (κ2) is 5.38. The molecule has 0 aromatic carbocycles. The summed E-state index contributed by atoms with van der Waals surface area (Å²) in [6.45, 7) is 2.62. The first kappa shape index (κ1) is 15.0. The summed E-state index contributed by atoms with van der Waals surface area (Å²) in [6.07, 6.45) is -4.12. The lowest BCUT2D eigenvalue weighted by Gasteiger charge is -2.15. The van der Waals surface area contributed by atoms with Gasteiger partial charge in [-0.2, -0.15) is 18.2 Å². The Hall–Kier alpha value is -1.90. The highest BCUT2D eigenvalue weighted by atomic mass is 32.1. The number of nitrogens with zero attached hydrogens (tertiary/aromatic N) is 3. The molecule has 1 saturated heterocycles. The average Bonchev–Trinajstić information content (AvgIpc) is 3.16. The number of halogens is 3. The van der Waals surface area contributed by atoms with Crippen molar-refractivity contribution in [3.05, 3.63) is 33.6 Å². The van der Waals surface area contributed by atoms with Crippen LogP contribution in [0.15, 0.2) is 16.0 Å². The van der Waals surface area contributed by atoms with Crippen LogP contribution in [0.1, 0.15) is 39.3 Å². The first-order valence-corrected chi connectivity index (χ1v) is 7.48. The van der Waals surface area contributed by atoms with Gasteiger partial charge in [0.15, 0.2) is 5.82 Å². The van der Waals surface area contributed by atoms with E-state index in [1.807, 2.05) is 18.4 Å². The van der Waals surface area contributed by atoms with Gasteiger partial charge in [-0.15, -0.1) is 11.3 Å². The average molecular weight is 331 g/mol. The Balaban J connectivity index is 1.71. The second-order valence-corrected chi connectivity index (χ2v) is 6.04. The van der Waals surface area contributed by atoms with E-state index in [0.717, 1.165) is 5.56 Å². The number of carbonyl (C=O) groups excluding carboxylic acids is 1. The lowest BCUT2D eigenvalue weighted by molar-refractivity contribution is -0.159. The van der Waals surface area contributed by atoms with Gasteiger partial charge in [0, 0.05) is 19.0 Å². The van der Waals surface area contributed by atoms with Crippen molar-refractivity contribution < 1.29 is 22.5 Å². The summed E-state index contributed by atoms with van der Waals surface area (Å²) >= 11 is 1.36. The molecule has 1 amide bonds. The van der Waals surface area contributed by atoms with Crippen LogP contribution in [0.5, 0.6) is 0 Å². The molecule has 3 rings (SSSR count). The predicted molar refractivity (Wildman–Crippen MR) is 71.6 cm³/mol. The minimum absolute atomic E-state index is 0.00512. The van der Waals surface area contributed by atoms with Crippen molar-refractivity contribution in [3.8, 4) is 0 Å². The van der Waals surface area contributed by atoms with Crippen molar-refractivity contribution in [1.82, 2.24) is 15.0 Å². The van der Waals surface area contributed by atoms with Crippen molar-refractivity contribution in [2.75, 3.05) is 13.1 Å². The van der Waals surface area contributed by atoms with E-state index in [9.17, 15) is 18.0 Å². The van der Waals surface area contributed by atoms with Crippen molar-refractivity contribution in [3.63, 3.8) is 0 Å². The van der Waals surface area contributed by atoms with E-state index in [1.165, 1.54) is 11.3 Å². The molecule has 0 N–H and O–H groups in total. The molecule has 0 spiro atoms. The zero-order chi connectivity index (χ0) is 15.9. The maximum absolute atomic E-state index is 12.5. The van der Waals surface area contributed by atoms with Crippen LogP contribution in [0.3, 0.4) is 0 Å². The Labute approximate surface area is 127 Å². The molecule has 0 saturated carbocycles. The number of hydrogen-bond donors (Lipinski definition) is 0. The number of carbonyl (C=O) groups is 1. The van der Waals surface area contributed by atoms with Gasteiger partial charge in [0.25, 0.3) is 5.91 Å². The number of aromatic nitrogens is 2. The molecule has 0 unspecified atom stereocenters. The summed E-state index contributed by atoms with van der Waals surface area (Å²) in [5, 5.41) is 5.24. The molecule has 5 nitrogen and oxygen atoms in total.